The van der Waals surface area contributed by atoms with Gasteiger partial charge in [0.25, 0.3) is 0 Å². The molecule has 2 N–H and O–H groups in total. The molecule has 0 bridgehead atoms. The third-order valence-electron chi connectivity index (χ3n) is 5.65. The molecule has 6 nitrogen and oxygen atoms in total. The summed E-state index contributed by atoms with van der Waals surface area (Å²) in [6, 6.07) is 2.08. The Bertz CT molecular complexity index is 578. The van der Waals surface area contributed by atoms with Crippen molar-refractivity contribution in [2.24, 2.45) is 5.41 Å². The van der Waals surface area contributed by atoms with Crippen molar-refractivity contribution in [1.29, 1.82) is 0 Å². The van der Waals surface area contributed by atoms with Crippen molar-refractivity contribution in [3.8, 4) is 0 Å². The molecule has 0 unspecified atom stereocenters. The van der Waals surface area contributed by atoms with Crippen LogP contribution in [0.4, 0.5) is 5.82 Å². The summed E-state index contributed by atoms with van der Waals surface area (Å²) in [5, 5.41) is 13.1. The zero-order valence-corrected chi connectivity index (χ0v) is 14.5. The Balaban J connectivity index is 1.35. The SMILES string of the molecule is Cc1nc(NCC2(CN3CCOCC3)CC2)cc(C2CC(O)C2)n1. The molecule has 2 heterocycles. The number of morpholine rings is 1. The van der Waals surface area contributed by atoms with Crippen LogP contribution in [0.1, 0.15) is 43.1 Å². The van der Waals surface area contributed by atoms with Crippen LogP contribution in [0, 0.1) is 12.3 Å². The van der Waals surface area contributed by atoms with E-state index < -0.39 is 0 Å². The number of aliphatic hydroxyl groups excluding tert-OH is 1. The molecular weight excluding hydrogens is 304 g/mol. The zero-order chi connectivity index (χ0) is 16.6. The van der Waals surface area contributed by atoms with Gasteiger partial charge in [-0.2, -0.15) is 0 Å². The van der Waals surface area contributed by atoms with Crippen molar-refractivity contribution < 1.29 is 9.84 Å². The van der Waals surface area contributed by atoms with Crippen LogP contribution in [0.25, 0.3) is 0 Å². The first kappa shape index (κ1) is 16.2. The van der Waals surface area contributed by atoms with Crippen molar-refractivity contribution in [1.82, 2.24) is 14.9 Å². The third-order valence-corrected chi connectivity index (χ3v) is 5.65. The zero-order valence-electron chi connectivity index (χ0n) is 14.5. The van der Waals surface area contributed by atoms with Crippen molar-refractivity contribution in [3.05, 3.63) is 17.6 Å². The monoisotopic (exact) mass is 332 g/mol. The molecule has 0 amide bonds. The Morgan fingerprint density at radius 1 is 1.29 bits per heavy atom. The van der Waals surface area contributed by atoms with E-state index in [4.69, 9.17) is 4.74 Å². The van der Waals surface area contributed by atoms with Crippen molar-refractivity contribution in [2.75, 3.05) is 44.7 Å². The number of aromatic nitrogens is 2. The maximum atomic E-state index is 9.52. The van der Waals surface area contributed by atoms with Gasteiger partial charge in [-0.1, -0.05) is 0 Å². The molecule has 4 rings (SSSR count). The highest BCUT2D eigenvalue weighted by molar-refractivity contribution is 5.38. The fourth-order valence-electron chi connectivity index (χ4n) is 3.80. The largest absolute Gasteiger partial charge is 0.393 e. The second-order valence-electron chi connectivity index (χ2n) is 7.79. The van der Waals surface area contributed by atoms with Crippen LogP contribution in [-0.2, 0) is 4.74 Å². The van der Waals surface area contributed by atoms with Crippen molar-refractivity contribution in [3.63, 3.8) is 0 Å². The quantitative estimate of drug-likeness (QED) is 0.824. The highest BCUT2D eigenvalue weighted by atomic mass is 16.5. The van der Waals surface area contributed by atoms with E-state index in [1.807, 2.05) is 6.92 Å². The van der Waals surface area contributed by atoms with Crippen LogP contribution < -0.4 is 5.32 Å². The summed E-state index contributed by atoms with van der Waals surface area (Å²) < 4.78 is 5.44. The van der Waals surface area contributed by atoms with E-state index in [1.54, 1.807) is 0 Å². The molecule has 1 aliphatic heterocycles. The van der Waals surface area contributed by atoms with Crippen molar-refractivity contribution in [2.45, 2.75) is 44.6 Å². The van der Waals surface area contributed by atoms with Crippen LogP contribution in [0.5, 0.6) is 0 Å². The predicted molar refractivity (Wildman–Crippen MR) is 92.2 cm³/mol. The second kappa shape index (κ2) is 6.58. The molecule has 1 aromatic heterocycles. The number of aryl methyl sites for hydroxylation is 1. The summed E-state index contributed by atoms with van der Waals surface area (Å²) in [4.78, 5) is 11.6. The molecule has 0 atom stereocenters. The highest BCUT2D eigenvalue weighted by Crippen LogP contribution is 2.46. The normalized spacial score (nSPS) is 29.1. The molecule has 2 aliphatic carbocycles. The minimum Gasteiger partial charge on any atom is -0.393 e. The van der Waals surface area contributed by atoms with Crippen molar-refractivity contribution >= 4 is 5.82 Å². The number of hydrogen-bond acceptors (Lipinski definition) is 6. The summed E-state index contributed by atoms with van der Waals surface area (Å²) in [5.41, 5.74) is 1.48. The van der Waals surface area contributed by atoms with Crippen LogP contribution in [0.2, 0.25) is 0 Å². The average Bonchev–Trinajstić information content (AvgIpc) is 3.30. The summed E-state index contributed by atoms with van der Waals surface area (Å²) in [6.07, 6.45) is 4.10. The van der Waals surface area contributed by atoms with E-state index >= 15 is 0 Å². The maximum absolute atomic E-state index is 9.52. The van der Waals surface area contributed by atoms with Gasteiger partial charge in [-0.3, -0.25) is 4.90 Å². The van der Waals surface area contributed by atoms with Gasteiger partial charge in [0.05, 0.1) is 19.3 Å². The topological polar surface area (TPSA) is 70.5 Å². The molecule has 3 fully saturated rings. The lowest BCUT2D eigenvalue weighted by Crippen LogP contribution is -2.41. The minimum atomic E-state index is -0.148. The third kappa shape index (κ3) is 3.71. The maximum Gasteiger partial charge on any atom is 0.129 e. The van der Waals surface area contributed by atoms with Gasteiger partial charge in [-0.05, 0) is 32.6 Å². The van der Waals surface area contributed by atoms with Crippen LogP contribution >= 0.6 is 0 Å². The molecule has 6 heteroatoms. The number of nitrogens with zero attached hydrogens (tertiary/aromatic N) is 3. The lowest BCUT2D eigenvalue weighted by Gasteiger charge is -2.31. The molecule has 1 saturated heterocycles. The molecule has 3 aliphatic rings. The van der Waals surface area contributed by atoms with E-state index in [9.17, 15) is 5.11 Å². The van der Waals surface area contributed by atoms with Gasteiger partial charge in [0.15, 0.2) is 0 Å². The number of hydrogen-bond donors (Lipinski definition) is 2. The summed E-state index contributed by atoms with van der Waals surface area (Å²) in [7, 11) is 0. The first-order valence-corrected chi connectivity index (χ1v) is 9.20. The van der Waals surface area contributed by atoms with Gasteiger partial charge >= 0.3 is 0 Å². The lowest BCUT2D eigenvalue weighted by molar-refractivity contribution is 0.0294. The second-order valence-corrected chi connectivity index (χ2v) is 7.79. The van der Waals surface area contributed by atoms with Gasteiger partial charge in [0.1, 0.15) is 11.6 Å². The molecule has 0 aromatic carbocycles. The highest BCUT2D eigenvalue weighted by Gasteiger charge is 2.43. The van der Waals surface area contributed by atoms with Gasteiger partial charge < -0.3 is 15.2 Å². The molecule has 132 valence electrons. The van der Waals surface area contributed by atoms with Gasteiger partial charge in [0, 0.05) is 49.3 Å². The predicted octanol–water partition coefficient (Wildman–Crippen LogP) is 1.55. The fourth-order valence-corrected chi connectivity index (χ4v) is 3.80. The molecule has 0 radical (unpaired) electrons. The Labute approximate surface area is 143 Å². The number of rotatable bonds is 6. The van der Waals surface area contributed by atoms with Crippen LogP contribution in [-0.4, -0.2) is 65.5 Å². The molecule has 0 spiro atoms. The van der Waals surface area contributed by atoms with E-state index in [0.717, 1.165) is 69.6 Å². The Hall–Kier alpha value is -1.24. The Morgan fingerprint density at radius 3 is 2.71 bits per heavy atom. The van der Waals surface area contributed by atoms with Crippen LogP contribution in [0.3, 0.4) is 0 Å². The summed E-state index contributed by atoms with van der Waals surface area (Å²) >= 11 is 0. The molecule has 24 heavy (non-hydrogen) atoms. The van der Waals surface area contributed by atoms with Gasteiger partial charge in [-0.25, -0.2) is 9.97 Å². The first-order chi connectivity index (χ1) is 11.6. The van der Waals surface area contributed by atoms with Crippen LogP contribution in [0.15, 0.2) is 6.07 Å². The summed E-state index contributed by atoms with van der Waals surface area (Å²) in [6.45, 7) is 7.94. The van der Waals surface area contributed by atoms with E-state index in [2.05, 4.69) is 26.3 Å². The smallest absolute Gasteiger partial charge is 0.129 e. The van der Waals surface area contributed by atoms with E-state index in [0.29, 0.717) is 11.3 Å². The minimum absolute atomic E-state index is 0.148. The molecule has 1 aromatic rings. The lowest BCUT2D eigenvalue weighted by atomic mass is 9.80. The molecule has 2 saturated carbocycles. The Kier molecular flexibility index (Phi) is 4.45. The number of ether oxygens (including phenoxy) is 1. The number of anilines is 1. The molecular formula is C18H28N4O2. The van der Waals surface area contributed by atoms with E-state index in [-0.39, 0.29) is 6.10 Å². The summed E-state index contributed by atoms with van der Waals surface area (Å²) in [5.74, 6) is 2.15. The van der Waals surface area contributed by atoms with E-state index in [1.165, 1.54) is 12.8 Å². The number of aliphatic hydroxyl groups is 1. The van der Waals surface area contributed by atoms with Gasteiger partial charge in [0.2, 0.25) is 0 Å². The fraction of sp³-hybridized carbons (Fsp3) is 0.778. The average molecular weight is 332 g/mol. The van der Waals surface area contributed by atoms with Gasteiger partial charge in [-0.15, -0.1) is 0 Å². The Morgan fingerprint density at radius 2 is 2.04 bits per heavy atom. The first-order valence-electron chi connectivity index (χ1n) is 9.20. The standard InChI is InChI=1S/C18H28N4O2/c1-13-20-16(14-8-15(23)9-14)10-17(21-13)19-11-18(2-3-18)12-22-4-6-24-7-5-22/h10,14-15,23H,2-9,11-12H2,1H3,(H,19,20,21). The number of nitrogens with one attached hydrogen (secondary N) is 1.